The van der Waals surface area contributed by atoms with Gasteiger partial charge >= 0.3 is 0 Å². The Morgan fingerprint density at radius 1 is 1.35 bits per heavy atom. The summed E-state index contributed by atoms with van der Waals surface area (Å²) in [5.41, 5.74) is 1.00. The normalized spacial score (nSPS) is 19.1. The van der Waals surface area contributed by atoms with Crippen molar-refractivity contribution in [2.24, 2.45) is 0 Å². The molecule has 1 aliphatic rings. The van der Waals surface area contributed by atoms with Crippen molar-refractivity contribution in [3.8, 4) is 0 Å². The third-order valence-electron chi connectivity index (χ3n) is 3.24. The molecule has 1 fully saturated rings. The smallest absolute Gasteiger partial charge is 0.228 e. The van der Waals surface area contributed by atoms with Crippen LogP contribution in [0.4, 0.5) is 0 Å². The summed E-state index contributed by atoms with van der Waals surface area (Å²) in [5.74, 6) is 1.29. The van der Waals surface area contributed by atoms with Gasteiger partial charge in [0.1, 0.15) is 0 Å². The Balaban J connectivity index is 1.63. The standard InChI is InChI=1S/C14H16ClN3O2/c15-12-4-2-1-3-10(12)7-13-17-14(20-18-13)8-11-9-19-6-5-16-11/h1-4,11,16H,5-9H2. The first kappa shape index (κ1) is 13.5. The Morgan fingerprint density at radius 2 is 2.25 bits per heavy atom. The van der Waals surface area contributed by atoms with Crippen LogP contribution >= 0.6 is 11.6 Å². The Hall–Kier alpha value is -1.43. The predicted octanol–water partition coefficient (Wildman–Crippen LogP) is 1.84. The average molecular weight is 294 g/mol. The lowest BCUT2D eigenvalue weighted by molar-refractivity contribution is 0.0744. The van der Waals surface area contributed by atoms with Gasteiger partial charge in [-0.15, -0.1) is 0 Å². The van der Waals surface area contributed by atoms with E-state index in [4.69, 9.17) is 20.9 Å². The molecule has 20 heavy (non-hydrogen) atoms. The molecule has 1 aromatic heterocycles. The van der Waals surface area contributed by atoms with Crippen LogP contribution in [0.2, 0.25) is 5.02 Å². The Labute approximate surface area is 122 Å². The summed E-state index contributed by atoms with van der Waals surface area (Å²) < 4.78 is 10.7. The first-order chi connectivity index (χ1) is 9.81. The van der Waals surface area contributed by atoms with Gasteiger partial charge in [0.25, 0.3) is 0 Å². The lowest BCUT2D eigenvalue weighted by Gasteiger charge is -2.22. The number of ether oxygens (including phenoxy) is 1. The summed E-state index contributed by atoms with van der Waals surface area (Å²) in [6, 6.07) is 7.93. The lowest BCUT2D eigenvalue weighted by Crippen LogP contribution is -2.42. The minimum atomic E-state index is 0.248. The molecule has 0 bridgehead atoms. The number of hydrogen-bond acceptors (Lipinski definition) is 5. The molecule has 0 aliphatic carbocycles. The number of morpholine rings is 1. The zero-order valence-corrected chi connectivity index (χ0v) is 11.8. The number of rotatable bonds is 4. The molecule has 1 saturated heterocycles. The summed E-state index contributed by atoms with van der Waals surface area (Å²) in [5, 5.41) is 8.09. The molecule has 1 aromatic carbocycles. The third-order valence-corrected chi connectivity index (χ3v) is 3.60. The Morgan fingerprint density at radius 3 is 3.05 bits per heavy atom. The maximum atomic E-state index is 6.12. The minimum absolute atomic E-state index is 0.248. The number of benzene rings is 1. The lowest BCUT2D eigenvalue weighted by atomic mass is 10.1. The highest BCUT2D eigenvalue weighted by Gasteiger charge is 2.17. The van der Waals surface area contributed by atoms with Crippen LogP contribution in [-0.4, -0.2) is 35.9 Å². The van der Waals surface area contributed by atoms with Gasteiger partial charge in [0.2, 0.25) is 5.89 Å². The summed E-state index contributed by atoms with van der Waals surface area (Å²) in [7, 11) is 0. The molecular formula is C14H16ClN3O2. The van der Waals surface area contributed by atoms with Gasteiger partial charge in [0, 0.05) is 30.5 Å². The number of nitrogens with zero attached hydrogens (tertiary/aromatic N) is 2. The molecule has 2 aromatic rings. The van der Waals surface area contributed by atoms with Gasteiger partial charge in [-0.1, -0.05) is 35.0 Å². The van der Waals surface area contributed by atoms with Crippen molar-refractivity contribution < 1.29 is 9.26 Å². The molecule has 2 heterocycles. The van der Waals surface area contributed by atoms with E-state index in [-0.39, 0.29) is 6.04 Å². The highest BCUT2D eigenvalue weighted by Crippen LogP contribution is 2.17. The molecule has 5 nitrogen and oxygen atoms in total. The van der Waals surface area contributed by atoms with Crippen LogP contribution in [-0.2, 0) is 17.6 Å². The largest absolute Gasteiger partial charge is 0.378 e. The van der Waals surface area contributed by atoms with Crippen LogP contribution in [0, 0.1) is 0 Å². The molecule has 0 radical (unpaired) electrons. The molecule has 0 amide bonds. The van der Waals surface area contributed by atoms with E-state index < -0.39 is 0 Å². The second-order valence-electron chi connectivity index (χ2n) is 4.80. The molecule has 0 spiro atoms. The molecule has 106 valence electrons. The van der Waals surface area contributed by atoms with Crippen LogP contribution in [0.15, 0.2) is 28.8 Å². The fraction of sp³-hybridized carbons (Fsp3) is 0.429. The molecular weight excluding hydrogens is 278 g/mol. The quantitative estimate of drug-likeness (QED) is 0.932. The zero-order chi connectivity index (χ0) is 13.8. The summed E-state index contributed by atoms with van der Waals surface area (Å²) >= 11 is 6.12. The van der Waals surface area contributed by atoms with Crippen molar-refractivity contribution in [3.63, 3.8) is 0 Å². The van der Waals surface area contributed by atoms with Gasteiger partial charge < -0.3 is 14.6 Å². The van der Waals surface area contributed by atoms with Crippen LogP contribution in [0.5, 0.6) is 0 Å². The van der Waals surface area contributed by atoms with Crippen molar-refractivity contribution in [1.29, 1.82) is 0 Å². The molecule has 0 saturated carbocycles. The number of nitrogens with one attached hydrogen (secondary N) is 1. The third kappa shape index (κ3) is 3.36. The summed E-state index contributed by atoms with van der Waals surface area (Å²) in [6.45, 7) is 2.31. The SMILES string of the molecule is Clc1ccccc1Cc1noc(CC2COCCN2)n1. The van der Waals surface area contributed by atoms with E-state index in [1.807, 2.05) is 24.3 Å². The van der Waals surface area contributed by atoms with E-state index in [9.17, 15) is 0 Å². The first-order valence-electron chi connectivity index (χ1n) is 6.67. The van der Waals surface area contributed by atoms with Crippen molar-refractivity contribution in [1.82, 2.24) is 15.5 Å². The first-order valence-corrected chi connectivity index (χ1v) is 7.05. The van der Waals surface area contributed by atoms with E-state index in [0.717, 1.165) is 23.7 Å². The van der Waals surface area contributed by atoms with Gasteiger partial charge in [-0.3, -0.25) is 0 Å². The van der Waals surface area contributed by atoms with Crippen LogP contribution in [0.3, 0.4) is 0 Å². The number of halogens is 1. The van der Waals surface area contributed by atoms with E-state index >= 15 is 0 Å². The highest BCUT2D eigenvalue weighted by molar-refractivity contribution is 6.31. The fourth-order valence-electron chi connectivity index (χ4n) is 2.22. The maximum Gasteiger partial charge on any atom is 0.228 e. The predicted molar refractivity (Wildman–Crippen MR) is 74.9 cm³/mol. The summed E-state index contributed by atoms with van der Waals surface area (Å²) in [4.78, 5) is 4.41. The second kappa shape index (κ2) is 6.35. The molecule has 1 unspecified atom stereocenters. The molecule has 1 aliphatic heterocycles. The number of hydrogen-bond donors (Lipinski definition) is 1. The van der Waals surface area contributed by atoms with Crippen LogP contribution in [0.1, 0.15) is 17.3 Å². The van der Waals surface area contributed by atoms with Crippen molar-refractivity contribution in [3.05, 3.63) is 46.6 Å². The minimum Gasteiger partial charge on any atom is -0.378 e. The van der Waals surface area contributed by atoms with Crippen LogP contribution < -0.4 is 5.32 Å². The monoisotopic (exact) mass is 293 g/mol. The fourth-order valence-corrected chi connectivity index (χ4v) is 2.42. The number of aromatic nitrogens is 2. The van der Waals surface area contributed by atoms with E-state index in [1.54, 1.807) is 0 Å². The van der Waals surface area contributed by atoms with Crippen molar-refractivity contribution >= 4 is 11.6 Å². The Kier molecular flexibility index (Phi) is 4.30. The van der Waals surface area contributed by atoms with Crippen molar-refractivity contribution in [2.45, 2.75) is 18.9 Å². The second-order valence-corrected chi connectivity index (χ2v) is 5.21. The zero-order valence-electron chi connectivity index (χ0n) is 11.0. The van der Waals surface area contributed by atoms with Gasteiger partial charge in [0.15, 0.2) is 5.82 Å². The molecule has 1 atom stereocenters. The van der Waals surface area contributed by atoms with E-state index in [0.29, 0.717) is 31.2 Å². The van der Waals surface area contributed by atoms with Gasteiger partial charge in [-0.05, 0) is 11.6 Å². The average Bonchev–Trinajstić information content (AvgIpc) is 2.90. The van der Waals surface area contributed by atoms with Crippen molar-refractivity contribution in [2.75, 3.05) is 19.8 Å². The van der Waals surface area contributed by atoms with Gasteiger partial charge in [-0.2, -0.15) is 4.98 Å². The molecule has 3 rings (SSSR count). The maximum absolute atomic E-state index is 6.12. The molecule has 6 heteroatoms. The van der Waals surface area contributed by atoms with Crippen LogP contribution in [0.25, 0.3) is 0 Å². The van der Waals surface area contributed by atoms with E-state index in [1.165, 1.54) is 0 Å². The highest BCUT2D eigenvalue weighted by atomic mass is 35.5. The molecule has 1 N–H and O–H groups in total. The topological polar surface area (TPSA) is 60.2 Å². The van der Waals surface area contributed by atoms with E-state index in [2.05, 4.69) is 15.5 Å². The van der Waals surface area contributed by atoms with Gasteiger partial charge in [-0.25, -0.2) is 0 Å². The summed E-state index contributed by atoms with van der Waals surface area (Å²) in [6.07, 6.45) is 1.27. The van der Waals surface area contributed by atoms with Gasteiger partial charge in [0.05, 0.1) is 13.2 Å². The Bertz CT molecular complexity index is 567.